The molecule has 1 atom stereocenters. The number of carbonyl (C=O) groups excluding carboxylic acids is 3. The molecule has 3 rings (SSSR count). The van der Waals surface area contributed by atoms with E-state index in [1.165, 1.54) is 49.5 Å². The number of ether oxygens (including phenoxy) is 2. The average Bonchev–Trinajstić information content (AvgIpc) is 3.29. The van der Waals surface area contributed by atoms with Gasteiger partial charge in [0.25, 0.3) is 0 Å². The molecular formula is C26H42N4O5S2. The van der Waals surface area contributed by atoms with Gasteiger partial charge in [-0.25, -0.2) is 19.4 Å². The molecule has 9 nitrogen and oxygen atoms in total. The molecule has 1 aromatic heterocycles. The molecule has 2 N–H and O–H groups in total. The molecule has 2 aliphatic carbocycles. The Morgan fingerprint density at radius 2 is 1.76 bits per heavy atom. The van der Waals surface area contributed by atoms with Crippen LogP contribution in [0.5, 0.6) is 0 Å². The van der Waals surface area contributed by atoms with E-state index in [0.29, 0.717) is 11.2 Å². The van der Waals surface area contributed by atoms with E-state index in [1.54, 1.807) is 27.0 Å². The number of aromatic nitrogens is 1. The first-order valence-corrected chi connectivity index (χ1v) is 15.1. The lowest BCUT2D eigenvalue weighted by Crippen LogP contribution is -2.51. The quantitative estimate of drug-likeness (QED) is 0.297. The second-order valence-corrected chi connectivity index (χ2v) is 13.4. The second-order valence-electron chi connectivity index (χ2n) is 11.1. The zero-order valence-electron chi connectivity index (χ0n) is 22.7. The standard InChI is InChI=1S/C26H42N4O5S2/c1-17-11-13-19(14-12-17)30(18-9-7-6-8-10-18)24(32)29-23-27-15-21(37-23)36-16-20(22(31)34-5)28-25(33)35-26(2,3)4/h15,17-20H,6-14,16H2,1-5H3,(H,28,33)(H,27,29,32)/t17-,19-,20-/m1/s1. The molecule has 2 fully saturated rings. The van der Waals surface area contributed by atoms with Gasteiger partial charge >= 0.3 is 18.1 Å². The van der Waals surface area contributed by atoms with Crippen LogP contribution in [-0.4, -0.2) is 64.6 Å². The van der Waals surface area contributed by atoms with Crippen LogP contribution in [0.1, 0.15) is 85.5 Å². The van der Waals surface area contributed by atoms with Crippen molar-refractivity contribution in [2.45, 2.75) is 113 Å². The number of nitrogens with zero attached hydrogens (tertiary/aromatic N) is 2. The lowest BCUT2D eigenvalue weighted by Gasteiger charge is -2.42. The van der Waals surface area contributed by atoms with Crippen molar-refractivity contribution in [2.75, 3.05) is 18.2 Å². The van der Waals surface area contributed by atoms with Crippen LogP contribution < -0.4 is 10.6 Å². The molecule has 1 aromatic rings. The van der Waals surface area contributed by atoms with Crippen molar-refractivity contribution in [3.63, 3.8) is 0 Å². The number of hydrogen-bond donors (Lipinski definition) is 2. The highest BCUT2D eigenvalue weighted by Crippen LogP contribution is 2.34. The van der Waals surface area contributed by atoms with Crippen LogP contribution in [0.25, 0.3) is 0 Å². The Morgan fingerprint density at radius 3 is 2.38 bits per heavy atom. The molecular weight excluding hydrogens is 512 g/mol. The highest BCUT2D eigenvalue weighted by atomic mass is 32.2. The lowest BCUT2D eigenvalue weighted by molar-refractivity contribution is -0.142. The van der Waals surface area contributed by atoms with Crippen molar-refractivity contribution < 1.29 is 23.9 Å². The summed E-state index contributed by atoms with van der Waals surface area (Å²) in [5.41, 5.74) is -0.677. The predicted octanol–water partition coefficient (Wildman–Crippen LogP) is 6.05. The monoisotopic (exact) mass is 554 g/mol. The number of esters is 1. The summed E-state index contributed by atoms with van der Waals surface area (Å²) in [6.45, 7) is 7.56. The predicted molar refractivity (Wildman–Crippen MR) is 147 cm³/mol. The number of urea groups is 1. The SMILES string of the molecule is COC(=O)[C@@H](CSc1cnc(NC(=O)N(C2CCCCC2)[C@H]2CC[C@H](C)CC2)s1)NC(=O)OC(C)(C)C. The summed E-state index contributed by atoms with van der Waals surface area (Å²) in [6, 6.07) is -0.356. The fourth-order valence-corrected chi connectivity index (χ4v) is 6.87. The van der Waals surface area contributed by atoms with Crippen molar-refractivity contribution in [3.05, 3.63) is 6.20 Å². The Labute approximate surface area is 228 Å². The number of alkyl carbamates (subject to hydrolysis) is 1. The van der Waals surface area contributed by atoms with Gasteiger partial charge in [-0.2, -0.15) is 0 Å². The molecule has 0 radical (unpaired) electrons. The minimum Gasteiger partial charge on any atom is -0.467 e. The Hall–Kier alpha value is -2.01. The van der Waals surface area contributed by atoms with Gasteiger partial charge in [0.05, 0.1) is 17.5 Å². The first-order valence-electron chi connectivity index (χ1n) is 13.3. The Kier molecular flexibility index (Phi) is 10.9. The third-order valence-corrected chi connectivity index (χ3v) is 9.05. The molecule has 0 spiro atoms. The molecule has 208 valence electrons. The molecule has 0 aliphatic heterocycles. The molecule has 0 bridgehead atoms. The molecule has 3 amide bonds. The minimum atomic E-state index is -0.875. The lowest BCUT2D eigenvalue weighted by atomic mass is 9.84. The maximum absolute atomic E-state index is 13.5. The van der Waals surface area contributed by atoms with Gasteiger partial charge in [-0.05, 0) is 65.2 Å². The molecule has 0 aromatic carbocycles. The highest BCUT2D eigenvalue weighted by molar-refractivity contribution is 8.01. The van der Waals surface area contributed by atoms with E-state index in [-0.39, 0.29) is 17.8 Å². The number of thioether (sulfide) groups is 1. The third kappa shape index (κ3) is 9.35. The molecule has 2 aliphatic rings. The summed E-state index contributed by atoms with van der Waals surface area (Å²) in [4.78, 5) is 44.4. The van der Waals surface area contributed by atoms with Crippen molar-refractivity contribution in [1.82, 2.24) is 15.2 Å². The third-order valence-electron chi connectivity index (χ3n) is 6.85. The number of methoxy groups -OCH3 is 1. The normalized spacial score (nSPS) is 21.5. The van der Waals surface area contributed by atoms with Crippen molar-refractivity contribution in [1.29, 1.82) is 0 Å². The summed E-state index contributed by atoms with van der Waals surface area (Å²) in [6.07, 6.45) is 11.2. The van der Waals surface area contributed by atoms with Gasteiger partial charge in [-0.1, -0.05) is 37.5 Å². The van der Waals surface area contributed by atoms with Gasteiger partial charge in [-0.15, -0.1) is 11.8 Å². The van der Waals surface area contributed by atoms with Crippen LogP contribution in [0, 0.1) is 5.92 Å². The minimum absolute atomic E-state index is 0.0589. The molecule has 2 saturated carbocycles. The van der Waals surface area contributed by atoms with Crippen LogP contribution in [0.15, 0.2) is 10.4 Å². The van der Waals surface area contributed by atoms with E-state index in [2.05, 4.69) is 27.4 Å². The number of nitrogens with one attached hydrogen (secondary N) is 2. The van der Waals surface area contributed by atoms with Crippen molar-refractivity contribution >= 4 is 46.3 Å². The van der Waals surface area contributed by atoms with Crippen LogP contribution in [0.2, 0.25) is 0 Å². The van der Waals surface area contributed by atoms with E-state index in [9.17, 15) is 14.4 Å². The molecule has 0 unspecified atom stereocenters. The molecule has 0 saturated heterocycles. The van der Waals surface area contributed by atoms with Gasteiger partial charge < -0.3 is 19.7 Å². The van der Waals surface area contributed by atoms with Gasteiger partial charge in [0.15, 0.2) is 5.13 Å². The number of hydrogen-bond acceptors (Lipinski definition) is 8. The van der Waals surface area contributed by atoms with Crippen LogP contribution in [-0.2, 0) is 14.3 Å². The second kappa shape index (κ2) is 13.7. The fourth-order valence-electron chi connectivity index (χ4n) is 4.98. The zero-order chi connectivity index (χ0) is 27.0. The number of carbonyl (C=O) groups is 3. The van der Waals surface area contributed by atoms with Crippen LogP contribution in [0.4, 0.5) is 14.7 Å². The van der Waals surface area contributed by atoms with Gasteiger partial charge in [0.2, 0.25) is 0 Å². The fraction of sp³-hybridized carbons (Fsp3) is 0.769. The van der Waals surface area contributed by atoms with E-state index < -0.39 is 23.7 Å². The molecule has 1 heterocycles. The van der Waals surface area contributed by atoms with E-state index in [4.69, 9.17) is 9.47 Å². The maximum atomic E-state index is 13.5. The Morgan fingerprint density at radius 1 is 1.11 bits per heavy atom. The zero-order valence-corrected chi connectivity index (χ0v) is 24.3. The topological polar surface area (TPSA) is 110 Å². The largest absolute Gasteiger partial charge is 0.467 e. The summed E-state index contributed by atoms with van der Waals surface area (Å²) < 4.78 is 10.9. The van der Waals surface area contributed by atoms with Crippen LogP contribution >= 0.6 is 23.1 Å². The molecule has 11 heteroatoms. The van der Waals surface area contributed by atoms with Gasteiger partial charge in [0, 0.05) is 17.8 Å². The number of amides is 3. The van der Waals surface area contributed by atoms with E-state index >= 15 is 0 Å². The number of anilines is 1. The summed E-state index contributed by atoms with van der Waals surface area (Å²) in [7, 11) is 1.28. The Balaban J connectivity index is 1.60. The maximum Gasteiger partial charge on any atom is 0.408 e. The van der Waals surface area contributed by atoms with Gasteiger partial charge in [-0.3, -0.25) is 5.32 Å². The summed E-state index contributed by atoms with van der Waals surface area (Å²) in [5, 5.41) is 6.16. The summed E-state index contributed by atoms with van der Waals surface area (Å²) >= 11 is 2.72. The first kappa shape index (κ1) is 29.5. The van der Waals surface area contributed by atoms with E-state index in [1.807, 2.05) is 0 Å². The van der Waals surface area contributed by atoms with Crippen LogP contribution in [0.3, 0.4) is 0 Å². The number of thiazole rings is 1. The Bertz CT molecular complexity index is 905. The highest BCUT2D eigenvalue weighted by Gasteiger charge is 2.34. The van der Waals surface area contributed by atoms with E-state index in [0.717, 1.165) is 48.7 Å². The number of rotatable bonds is 8. The van der Waals surface area contributed by atoms with Crippen molar-refractivity contribution in [3.8, 4) is 0 Å². The smallest absolute Gasteiger partial charge is 0.408 e. The van der Waals surface area contributed by atoms with Gasteiger partial charge in [0.1, 0.15) is 11.6 Å². The first-order chi connectivity index (χ1) is 17.6. The summed E-state index contributed by atoms with van der Waals surface area (Å²) in [5.74, 6) is 0.418. The average molecular weight is 555 g/mol. The molecule has 37 heavy (non-hydrogen) atoms. The van der Waals surface area contributed by atoms with Crippen molar-refractivity contribution in [2.24, 2.45) is 5.92 Å².